The second-order valence-electron chi connectivity index (χ2n) is 5.71. The van der Waals surface area contributed by atoms with E-state index in [-0.39, 0.29) is 16.9 Å². The first kappa shape index (κ1) is 15.7. The third kappa shape index (κ3) is 3.01. The molecule has 23 heavy (non-hydrogen) atoms. The quantitative estimate of drug-likeness (QED) is 0.929. The van der Waals surface area contributed by atoms with Gasteiger partial charge in [0.1, 0.15) is 11.3 Å². The lowest BCUT2D eigenvalue weighted by molar-refractivity contribution is 0.0866. The molecule has 1 amide bonds. The van der Waals surface area contributed by atoms with Crippen molar-refractivity contribution < 1.29 is 13.9 Å². The van der Waals surface area contributed by atoms with Gasteiger partial charge in [-0.2, -0.15) is 0 Å². The lowest BCUT2D eigenvalue weighted by atomic mass is 9.98. The molecule has 1 fully saturated rings. The molecule has 1 aliphatic rings. The topological polar surface area (TPSA) is 81.4 Å². The normalized spacial score (nSPS) is 16.3. The smallest absolute Gasteiger partial charge is 0.287 e. The summed E-state index contributed by atoms with van der Waals surface area (Å²) in [6.07, 6.45) is 4.90. The third-order valence-electron chi connectivity index (χ3n) is 4.08. The fourth-order valence-corrected chi connectivity index (χ4v) is 3.90. The van der Waals surface area contributed by atoms with E-state index in [9.17, 15) is 9.59 Å². The molecule has 0 bridgehead atoms. The first-order chi connectivity index (χ1) is 11.0. The Bertz CT molecular complexity index is 774. The van der Waals surface area contributed by atoms with Gasteiger partial charge in [-0.25, -0.2) is 4.98 Å². The zero-order valence-electron chi connectivity index (χ0n) is 13.0. The minimum atomic E-state index is -0.464. The summed E-state index contributed by atoms with van der Waals surface area (Å²) in [5, 5.41) is 5.93. The minimum absolute atomic E-state index is 0.0182. The molecule has 3 rings (SSSR count). The van der Waals surface area contributed by atoms with Crippen molar-refractivity contribution in [2.24, 2.45) is 0 Å². The van der Waals surface area contributed by atoms with Crippen molar-refractivity contribution in [1.82, 2.24) is 10.3 Å². The van der Waals surface area contributed by atoms with Gasteiger partial charge in [-0.1, -0.05) is 12.8 Å². The maximum absolute atomic E-state index is 12.5. The van der Waals surface area contributed by atoms with Gasteiger partial charge < -0.3 is 14.5 Å². The molecule has 1 saturated carbocycles. The van der Waals surface area contributed by atoms with Crippen molar-refractivity contribution in [2.75, 3.05) is 7.11 Å². The van der Waals surface area contributed by atoms with Gasteiger partial charge in [0, 0.05) is 17.1 Å². The molecule has 0 aliphatic heterocycles. The zero-order valence-corrected chi connectivity index (χ0v) is 13.9. The van der Waals surface area contributed by atoms with E-state index in [2.05, 4.69) is 10.3 Å². The molecule has 0 atom stereocenters. The van der Waals surface area contributed by atoms with Crippen LogP contribution in [0.4, 0.5) is 0 Å². The highest BCUT2D eigenvalue weighted by molar-refractivity contribution is 7.09. The Kier molecular flexibility index (Phi) is 4.21. The van der Waals surface area contributed by atoms with Crippen LogP contribution in [0, 0.1) is 6.92 Å². The Hall–Kier alpha value is -2.15. The van der Waals surface area contributed by atoms with Gasteiger partial charge in [-0.05, 0) is 19.8 Å². The summed E-state index contributed by atoms with van der Waals surface area (Å²) in [5.41, 5.74) is 0.102. The number of amides is 1. The first-order valence-corrected chi connectivity index (χ1v) is 8.34. The third-order valence-corrected chi connectivity index (χ3v) is 5.24. The number of rotatable bonds is 4. The maximum atomic E-state index is 12.5. The fourth-order valence-electron chi connectivity index (χ4n) is 2.89. The van der Waals surface area contributed by atoms with Crippen molar-refractivity contribution in [3.63, 3.8) is 0 Å². The van der Waals surface area contributed by atoms with E-state index in [1.807, 2.05) is 12.3 Å². The number of aromatic nitrogens is 1. The standard InChI is InChI=1S/C16H18N2O4S/c1-10-9-23-15(17-10)16(5-3-4-6-16)18-14(20)12-7-11(19)13(21-2)8-22-12/h7-9H,3-6H2,1-2H3,(H,18,20). The molecule has 7 heteroatoms. The molecule has 1 N–H and O–H groups in total. The second kappa shape index (κ2) is 6.16. The number of carbonyl (C=O) groups is 1. The van der Waals surface area contributed by atoms with Crippen LogP contribution in [0.3, 0.4) is 0 Å². The lowest BCUT2D eigenvalue weighted by Crippen LogP contribution is -2.44. The molecule has 2 heterocycles. The van der Waals surface area contributed by atoms with Crippen LogP contribution in [-0.4, -0.2) is 18.0 Å². The number of ether oxygens (including phenoxy) is 1. The molecule has 6 nitrogen and oxygen atoms in total. The summed E-state index contributed by atoms with van der Waals surface area (Å²) in [7, 11) is 1.38. The van der Waals surface area contributed by atoms with Crippen LogP contribution in [-0.2, 0) is 5.54 Å². The number of carbonyl (C=O) groups excluding carboxylic acids is 1. The predicted molar refractivity (Wildman–Crippen MR) is 86.0 cm³/mol. The summed E-state index contributed by atoms with van der Waals surface area (Å²) in [4.78, 5) is 28.9. The van der Waals surface area contributed by atoms with Gasteiger partial charge in [-0.15, -0.1) is 11.3 Å². The van der Waals surface area contributed by atoms with Crippen molar-refractivity contribution in [3.8, 4) is 5.75 Å². The van der Waals surface area contributed by atoms with E-state index < -0.39 is 11.4 Å². The van der Waals surface area contributed by atoms with Crippen LogP contribution in [0.2, 0.25) is 0 Å². The number of nitrogens with one attached hydrogen (secondary N) is 1. The zero-order chi connectivity index (χ0) is 16.4. The highest BCUT2D eigenvalue weighted by Crippen LogP contribution is 2.40. The van der Waals surface area contributed by atoms with Gasteiger partial charge in [0.2, 0.25) is 11.2 Å². The van der Waals surface area contributed by atoms with E-state index in [1.165, 1.54) is 7.11 Å². The molecule has 0 saturated heterocycles. The minimum Gasteiger partial charge on any atom is -0.490 e. The highest BCUT2D eigenvalue weighted by atomic mass is 32.1. The molecule has 122 valence electrons. The predicted octanol–water partition coefficient (Wildman–Crippen LogP) is 2.61. The van der Waals surface area contributed by atoms with Crippen LogP contribution in [0.5, 0.6) is 5.75 Å². The van der Waals surface area contributed by atoms with E-state index in [0.29, 0.717) is 0 Å². The second-order valence-corrected chi connectivity index (χ2v) is 6.57. The number of hydrogen-bond acceptors (Lipinski definition) is 6. The van der Waals surface area contributed by atoms with Gasteiger partial charge in [0.05, 0.1) is 12.6 Å². The van der Waals surface area contributed by atoms with Crippen LogP contribution < -0.4 is 15.5 Å². The number of methoxy groups -OCH3 is 1. The number of aryl methyl sites for hydroxylation is 1. The molecule has 2 aromatic heterocycles. The van der Waals surface area contributed by atoms with Crippen molar-refractivity contribution >= 4 is 17.2 Å². The summed E-state index contributed by atoms with van der Waals surface area (Å²) in [5.74, 6) is -0.345. The van der Waals surface area contributed by atoms with E-state index >= 15 is 0 Å². The number of nitrogens with zero attached hydrogens (tertiary/aromatic N) is 1. The number of hydrogen-bond donors (Lipinski definition) is 1. The molecule has 0 spiro atoms. The summed E-state index contributed by atoms with van der Waals surface area (Å²) < 4.78 is 10.1. The monoisotopic (exact) mass is 334 g/mol. The molecule has 0 aromatic carbocycles. The van der Waals surface area contributed by atoms with Gasteiger partial charge in [0.25, 0.3) is 5.91 Å². The SMILES string of the molecule is COc1coc(C(=O)NC2(c3nc(C)cs3)CCCC2)cc1=O. The Morgan fingerprint density at radius 2 is 2.17 bits per heavy atom. The first-order valence-electron chi connectivity index (χ1n) is 7.46. The average Bonchev–Trinajstić information content (AvgIpc) is 3.17. The van der Waals surface area contributed by atoms with Gasteiger partial charge >= 0.3 is 0 Å². The van der Waals surface area contributed by atoms with Crippen molar-refractivity contribution in [3.05, 3.63) is 44.4 Å². The molecular weight excluding hydrogens is 316 g/mol. The maximum Gasteiger partial charge on any atom is 0.287 e. The van der Waals surface area contributed by atoms with Crippen molar-refractivity contribution in [2.45, 2.75) is 38.1 Å². The fraction of sp³-hybridized carbons (Fsp3) is 0.438. The van der Waals surface area contributed by atoms with Crippen LogP contribution in [0.25, 0.3) is 0 Å². The molecule has 0 unspecified atom stereocenters. The molecular formula is C16H18N2O4S. The van der Waals surface area contributed by atoms with Crippen LogP contribution >= 0.6 is 11.3 Å². The van der Waals surface area contributed by atoms with Gasteiger partial charge in [0.15, 0.2) is 5.76 Å². The Balaban J connectivity index is 1.87. The summed E-state index contributed by atoms with van der Waals surface area (Å²) in [6, 6.07) is 1.16. The van der Waals surface area contributed by atoms with E-state index in [0.717, 1.165) is 48.7 Å². The number of thiazole rings is 1. The largest absolute Gasteiger partial charge is 0.490 e. The van der Waals surface area contributed by atoms with Gasteiger partial charge in [-0.3, -0.25) is 9.59 Å². The van der Waals surface area contributed by atoms with E-state index in [4.69, 9.17) is 9.15 Å². The Labute approximate surface area is 137 Å². The Morgan fingerprint density at radius 1 is 1.43 bits per heavy atom. The van der Waals surface area contributed by atoms with Crippen molar-refractivity contribution in [1.29, 1.82) is 0 Å². The van der Waals surface area contributed by atoms with Crippen LogP contribution in [0.1, 0.15) is 46.9 Å². The highest BCUT2D eigenvalue weighted by Gasteiger charge is 2.40. The molecule has 0 radical (unpaired) electrons. The lowest BCUT2D eigenvalue weighted by Gasteiger charge is -2.27. The summed E-state index contributed by atoms with van der Waals surface area (Å²) >= 11 is 1.55. The molecule has 2 aromatic rings. The van der Waals surface area contributed by atoms with E-state index in [1.54, 1.807) is 11.3 Å². The van der Waals surface area contributed by atoms with Crippen LogP contribution in [0.15, 0.2) is 26.9 Å². The Morgan fingerprint density at radius 3 is 2.74 bits per heavy atom. The average molecular weight is 334 g/mol. The summed E-state index contributed by atoms with van der Waals surface area (Å²) in [6.45, 7) is 1.94. The molecule has 1 aliphatic carbocycles.